The van der Waals surface area contributed by atoms with E-state index >= 15 is 0 Å². The number of rotatable bonds is 5. The molecular weight excluding hydrogens is 304 g/mol. The van der Waals surface area contributed by atoms with Gasteiger partial charge < -0.3 is 14.5 Å². The molecule has 0 fully saturated rings. The van der Waals surface area contributed by atoms with Crippen LogP contribution in [-0.2, 0) is 16.2 Å². The molecule has 0 unspecified atom stereocenters. The number of likely N-dealkylation sites (N-methyl/N-ethyl adjacent to an activating group) is 1. The number of ether oxygens (including phenoxy) is 1. The Morgan fingerprint density at radius 2 is 1.92 bits per heavy atom. The lowest BCUT2D eigenvalue weighted by atomic mass is 10.0. The normalized spacial score (nSPS) is 16.2. The van der Waals surface area contributed by atoms with Crippen LogP contribution in [0.4, 0.5) is 0 Å². The first kappa shape index (κ1) is 16.1. The molecule has 0 saturated heterocycles. The Morgan fingerprint density at radius 1 is 1.21 bits per heavy atom. The molecule has 2 aromatic carbocycles. The molecule has 0 bridgehead atoms. The third-order valence-electron chi connectivity index (χ3n) is 4.01. The molecule has 2 aromatic rings. The van der Waals surface area contributed by atoms with Crippen molar-refractivity contribution in [2.45, 2.75) is 19.1 Å². The van der Waals surface area contributed by atoms with Crippen molar-refractivity contribution >= 4 is 11.6 Å². The second-order valence-corrected chi connectivity index (χ2v) is 5.74. The number of benzene rings is 2. The molecule has 124 valence electrons. The minimum absolute atomic E-state index is 0.0638. The van der Waals surface area contributed by atoms with Gasteiger partial charge in [0, 0.05) is 20.0 Å². The van der Waals surface area contributed by atoms with Gasteiger partial charge in [-0.05, 0) is 35.4 Å². The minimum atomic E-state index is -0.559. The van der Waals surface area contributed by atoms with Crippen molar-refractivity contribution in [2.75, 3.05) is 14.2 Å². The maximum absolute atomic E-state index is 12.5. The summed E-state index contributed by atoms with van der Waals surface area (Å²) in [5.41, 5.74) is 2.81. The van der Waals surface area contributed by atoms with Gasteiger partial charge in [-0.3, -0.25) is 4.79 Å². The van der Waals surface area contributed by atoms with Gasteiger partial charge in [0.1, 0.15) is 5.75 Å². The van der Waals surface area contributed by atoms with E-state index in [1.54, 1.807) is 19.1 Å². The van der Waals surface area contributed by atoms with Crippen LogP contribution in [-0.4, -0.2) is 36.8 Å². The molecule has 1 amide bonds. The largest absolute Gasteiger partial charge is 0.497 e. The van der Waals surface area contributed by atoms with Crippen LogP contribution in [0.15, 0.2) is 59.8 Å². The summed E-state index contributed by atoms with van der Waals surface area (Å²) in [6, 6.07) is 17.5. The maximum atomic E-state index is 12.5. The number of oxime groups is 1. The van der Waals surface area contributed by atoms with Crippen molar-refractivity contribution in [2.24, 2.45) is 5.16 Å². The summed E-state index contributed by atoms with van der Waals surface area (Å²) < 4.78 is 5.15. The average Bonchev–Trinajstić information content (AvgIpc) is 3.12. The Labute approximate surface area is 141 Å². The van der Waals surface area contributed by atoms with E-state index in [2.05, 4.69) is 5.16 Å². The summed E-state index contributed by atoms with van der Waals surface area (Å²) in [6.45, 7) is 0.553. The van der Waals surface area contributed by atoms with Crippen LogP contribution in [0.25, 0.3) is 0 Å². The highest BCUT2D eigenvalue weighted by Gasteiger charge is 2.31. The van der Waals surface area contributed by atoms with Gasteiger partial charge >= 0.3 is 0 Å². The molecule has 0 aliphatic carbocycles. The molecule has 0 radical (unpaired) electrons. The smallest absolute Gasteiger partial charge is 0.266 e. The summed E-state index contributed by atoms with van der Waals surface area (Å²) >= 11 is 0. The predicted molar refractivity (Wildman–Crippen MR) is 91.9 cm³/mol. The minimum Gasteiger partial charge on any atom is -0.497 e. The third-order valence-corrected chi connectivity index (χ3v) is 4.01. The topological polar surface area (TPSA) is 51.1 Å². The fourth-order valence-corrected chi connectivity index (χ4v) is 2.64. The van der Waals surface area contributed by atoms with E-state index < -0.39 is 6.10 Å². The maximum Gasteiger partial charge on any atom is 0.266 e. The quantitative estimate of drug-likeness (QED) is 0.850. The van der Waals surface area contributed by atoms with Crippen molar-refractivity contribution < 1.29 is 14.4 Å². The third kappa shape index (κ3) is 3.56. The average molecular weight is 324 g/mol. The standard InChI is InChI=1S/C19H20N2O3/c1-21(13-14-6-4-3-5-7-14)19(22)18-12-17(20-24-18)15-8-10-16(23-2)11-9-15/h3-11,18H,12-13H2,1-2H3/t18-/m0/s1. The van der Waals surface area contributed by atoms with Crippen LogP contribution >= 0.6 is 0 Å². The number of carbonyl (C=O) groups is 1. The Bertz CT molecular complexity index is 726. The molecule has 0 N–H and O–H groups in total. The highest BCUT2D eigenvalue weighted by molar-refractivity contribution is 6.04. The van der Waals surface area contributed by atoms with E-state index in [0.717, 1.165) is 22.6 Å². The van der Waals surface area contributed by atoms with E-state index in [9.17, 15) is 4.79 Å². The molecule has 1 aliphatic rings. The summed E-state index contributed by atoms with van der Waals surface area (Å²) in [5.74, 6) is 0.722. The first-order valence-electron chi connectivity index (χ1n) is 7.83. The first-order valence-corrected chi connectivity index (χ1v) is 7.83. The zero-order valence-corrected chi connectivity index (χ0v) is 13.8. The highest BCUT2D eigenvalue weighted by atomic mass is 16.6. The molecular formula is C19H20N2O3. The summed E-state index contributed by atoms with van der Waals surface area (Å²) in [4.78, 5) is 19.6. The van der Waals surface area contributed by atoms with Gasteiger partial charge in [-0.15, -0.1) is 0 Å². The molecule has 5 nitrogen and oxygen atoms in total. The van der Waals surface area contributed by atoms with Gasteiger partial charge in [0.15, 0.2) is 0 Å². The predicted octanol–water partition coefficient (Wildman–Crippen LogP) is 2.85. The molecule has 3 rings (SSSR count). The second-order valence-electron chi connectivity index (χ2n) is 5.74. The molecule has 24 heavy (non-hydrogen) atoms. The fourth-order valence-electron chi connectivity index (χ4n) is 2.64. The Kier molecular flexibility index (Phi) is 4.79. The van der Waals surface area contributed by atoms with Gasteiger partial charge in [-0.2, -0.15) is 0 Å². The SMILES string of the molecule is COc1ccc(C2=NO[C@H](C(=O)N(C)Cc3ccccc3)C2)cc1. The van der Waals surface area contributed by atoms with Gasteiger partial charge in [0.2, 0.25) is 6.10 Å². The Balaban J connectivity index is 1.60. The molecule has 5 heteroatoms. The van der Waals surface area contributed by atoms with E-state index in [-0.39, 0.29) is 5.91 Å². The van der Waals surface area contributed by atoms with Crippen molar-refractivity contribution in [1.29, 1.82) is 0 Å². The molecule has 0 aromatic heterocycles. The second kappa shape index (κ2) is 7.17. The number of nitrogens with zero attached hydrogens (tertiary/aromatic N) is 2. The van der Waals surface area contributed by atoms with Crippen LogP contribution < -0.4 is 4.74 Å². The highest BCUT2D eigenvalue weighted by Crippen LogP contribution is 2.20. The van der Waals surface area contributed by atoms with Gasteiger partial charge in [0.05, 0.1) is 12.8 Å². The van der Waals surface area contributed by atoms with Crippen LogP contribution in [0.5, 0.6) is 5.75 Å². The fraction of sp³-hybridized carbons (Fsp3) is 0.263. The number of methoxy groups -OCH3 is 1. The van der Waals surface area contributed by atoms with Gasteiger partial charge in [-0.25, -0.2) is 0 Å². The summed E-state index contributed by atoms with van der Waals surface area (Å²) in [7, 11) is 3.41. The van der Waals surface area contributed by atoms with Crippen molar-refractivity contribution in [3.63, 3.8) is 0 Å². The van der Waals surface area contributed by atoms with E-state index in [0.29, 0.717) is 13.0 Å². The van der Waals surface area contributed by atoms with E-state index in [4.69, 9.17) is 9.57 Å². The molecule has 0 saturated carbocycles. The van der Waals surface area contributed by atoms with Crippen LogP contribution in [0.1, 0.15) is 17.5 Å². The number of amides is 1. The van der Waals surface area contributed by atoms with Crippen LogP contribution in [0.3, 0.4) is 0 Å². The lowest BCUT2D eigenvalue weighted by Gasteiger charge is -2.19. The van der Waals surface area contributed by atoms with Crippen molar-refractivity contribution in [3.8, 4) is 5.75 Å². The first-order chi connectivity index (χ1) is 11.7. The molecule has 1 heterocycles. The van der Waals surface area contributed by atoms with Gasteiger partial charge in [0.25, 0.3) is 5.91 Å². The lowest BCUT2D eigenvalue weighted by molar-refractivity contribution is -0.141. The summed E-state index contributed by atoms with van der Waals surface area (Å²) in [6.07, 6.45) is -0.0830. The summed E-state index contributed by atoms with van der Waals surface area (Å²) in [5, 5.41) is 4.08. The zero-order valence-electron chi connectivity index (χ0n) is 13.8. The molecule has 1 atom stereocenters. The van der Waals surface area contributed by atoms with Crippen LogP contribution in [0.2, 0.25) is 0 Å². The van der Waals surface area contributed by atoms with E-state index in [1.807, 2.05) is 54.6 Å². The zero-order chi connectivity index (χ0) is 16.9. The Morgan fingerprint density at radius 3 is 2.58 bits per heavy atom. The lowest BCUT2D eigenvalue weighted by Crippen LogP contribution is -2.36. The molecule has 0 spiro atoms. The van der Waals surface area contributed by atoms with Crippen molar-refractivity contribution in [1.82, 2.24) is 4.90 Å². The van der Waals surface area contributed by atoms with Crippen LogP contribution in [0, 0.1) is 0 Å². The van der Waals surface area contributed by atoms with E-state index in [1.165, 1.54) is 0 Å². The molecule has 1 aliphatic heterocycles. The Hall–Kier alpha value is -2.82. The van der Waals surface area contributed by atoms with Crippen molar-refractivity contribution in [3.05, 3.63) is 65.7 Å². The monoisotopic (exact) mass is 324 g/mol. The number of hydrogen-bond donors (Lipinski definition) is 0. The van der Waals surface area contributed by atoms with Gasteiger partial charge in [-0.1, -0.05) is 35.5 Å². The number of hydrogen-bond acceptors (Lipinski definition) is 4. The number of carbonyl (C=O) groups excluding carboxylic acids is 1.